The van der Waals surface area contributed by atoms with Crippen LogP contribution in [0.1, 0.15) is 11.3 Å². The van der Waals surface area contributed by atoms with Crippen LogP contribution in [0.2, 0.25) is 0 Å². The van der Waals surface area contributed by atoms with Gasteiger partial charge in [0.15, 0.2) is 0 Å². The Morgan fingerprint density at radius 1 is 1.43 bits per heavy atom. The third-order valence-corrected chi connectivity index (χ3v) is 2.23. The lowest BCUT2D eigenvalue weighted by atomic mass is 10.1. The van der Waals surface area contributed by atoms with Crippen LogP contribution in [0.15, 0.2) is 18.2 Å². The highest BCUT2D eigenvalue weighted by Crippen LogP contribution is 2.28. The fraction of sp³-hybridized carbons (Fsp3) is 0.182. The van der Waals surface area contributed by atoms with Gasteiger partial charge in [-0.25, -0.2) is 0 Å². The second-order valence-corrected chi connectivity index (χ2v) is 3.17. The van der Waals surface area contributed by atoms with Crippen molar-refractivity contribution in [3.8, 4) is 11.8 Å². The molecule has 14 heavy (non-hydrogen) atoms. The van der Waals surface area contributed by atoms with Crippen LogP contribution in [0, 0.1) is 18.3 Å². The molecule has 0 fully saturated rings. The van der Waals surface area contributed by atoms with Crippen molar-refractivity contribution in [2.75, 3.05) is 7.11 Å². The fourth-order valence-electron chi connectivity index (χ4n) is 1.60. The topological polar surface area (TPSA) is 48.8 Å². The van der Waals surface area contributed by atoms with Crippen molar-refractivity contribution in [3.63, 3.8) is 0 Å². The molecule has 2 rings (SSSR count). The average molecular weight is 186 g/mol. The first kappa shape index (κ1) is 8.64. The molecule has 0 bridgehead atoms. The van der Waals surface area contributed by atoms with E-state index < -0.39 is 0 Å². The van der Waals surface area contributed by atoms with E-state index in [1.807, 2.05) is 19.1 Å². The van der Waals surface area contributed by atoms with E-state index in [2.05, 4.69) is 11.1 Å². The van der Waals surface area contributed by atoms with Gasteiger partial charge in [0, 0.05) is 11.1 Å². The Labute approximate surface area is 81.9 Å². The molecule has 1 heterocycles. The zero-order chi connectivity index (χ0) is 10.1. The Balaban J connectivity index is 2.86. The van der Waals surface area contributed by atoms with Gasteiger partial charge < -0.3 is 9.72 Å². The van der Waals surface area contributed by atoms with Gasteiger partial charge in [-0.3, -0.25) is 0 Å². The summed E-state index contributed by atoms with van der Waals surface area (Å²) < 4.78 is 5.21. The molecule has 3 heteroatoms. The Bertz CT molecular complexity index is 520. The number of nitrogens with zero attached hydrogens (tertiary/aromatic N) is 1. The number of nitriles is 1. The lowest BCUT2D eigenvalue weighted by Crippen LogP contribution is -1.85. The summed E-state index contributed by atoms with van der Waals surface area (Å²) >= 11 is 0. The zero-order valence-electron chi connectivity index (χ0n) is 8.09. The number of fused-ring (bicyclic) bond motifs is 1. The van der Waals surface area contributed by atoms with Crippen LogP contribution in [0.25, 0.3) is 10.9 Å². The van der Waals surface area contributed by atoms with E-state index in [9.17, 15) is 0 Å². The van der Waals surface area contributed by atoms with E-state index in [4.69, 9.17) is 10.00 Å². The maximum atomic E-state index is 8.90. The lowest BCUT2D eigenvalue weighted by molar-refractivity contribution is 0.420. The van der Waals surface area contributed by atoms with Crippen LogP contribution in [-0.2, 0) is 0 Å². The van der Waals surface area contributed by atoms with Crippen LogP contribution < -0.4 is 4.74 Å². The molecule has 0 atom stereocenters. The van der Waals surface area contributed by atoms with Gasteiger partial charge in [0.1, 0.15) is 11.8 Å². The molecule has 0 aliphatic rings. The van der Waals surface area contributed by atoms with Gasteiger partial charge in [-0.2, -0.15) is 5.26 Å². The summed E-state index contributed by atoms with van der Waals surface area (Å²) in [5, 5.41) is 9.86. The predicted octanol–water partition coefficient (Wildman–Crippen LogP) is 2.36. The second-order valence-electron chi connectivity index (χ2n) is 3.17. The molecule has 0 radical (unpaired) electrons. The van der Waals surface area contributed by atoms with Crippen molar-refractivity contribution in [1.82, 2.24) is 4.98 Å². The van der Waals surface area contributed by atoms with Gasteiger partial charge in [-0.1, -0.05) is 0 Å². The highest BCUT2D eigenvalue weighted by molar-refractivity contribution is 5.91. The van der Waals surface area contributed by atoms with Crippen LogP contribution in [0.5, 0.6) is 5.75 Å². The predicted molar refractivity (Wildman–Crippen MR) is 54.3 cm³/mol. The van der Waals surface area contributed by atoms with E-state index in [-0.39, 0.29) is 0 Å². The summed E-state index contributed by atoms with van der Waals surface area (Å²) in [6.07, 6.45) is 0. The summed E-state index contributed by atoms with van der Waals surface area (Å²) in [4.78, 5) is 3.15. The summed E-state index contributed by atoms with van der Waals surface area (Å²) in [5.41, 5.74) is 2.53. The molecule has 0 aliphatic carbocycles. The molecule has 0 spiro atoms. The molecule has 0 saturated heterocycles. The monoisotopic (exact) mass is 186 g/mol. The second kappa shape index (κ2) is 3.08. The average Bonchev–Trinajstić information content (AvgIpc) is 2.57. The molecule has 0 saturated carbocycles. The molecular weight excluding hydrogens is 176 g/mol. The van der Waals surface area contributed by atoms with Crippen molar-refractivity contribution in [1.29, 1.82) is 5.26 Å². The van der Waals surface area contributed by atoms with Gasteiger partial charge >= 0.3 is 0 Å². The Hall–Kier alpha value is -1.95. The normalized spacial score (nSPS) is 10.1. The molecule has 1 aromatic heterocycles. The van der Waals surface area contributed by atoms with Crippen LogP contribution in [0.3, 0.4) is 0 Å². The Kier molecular flexibility index (Phi) is 1.90. The highest BCUT2D eigenvalue weighted by atomic mass is 16.5. The van der Waals surface area contributed by atoms with E-state index in [0.29, 0.717) is 5.56 Å². The molecule has 70 valence electrons. The maximum absolute atomic E-state index is 8.90. The number of methoxy groups -OCH3 is 1. The number of ether oxygens (including phenoxy) is 1. The van der Waals surface area contributed by atoms with Gasteiger partial charge in [0.25, 0.3) is 0 Å². The molecular formula is C11H10N2O. The van der Waals surface area contributed by atoms with Crippen molar-refractivity contribution >= 4 is 10.9 Å². The fourth-order valence-corrected chi connectivity index (χ4v) is 1.60. The van der Waals surface area contributed by atoms with Crippen LogP contribution in [-0.4, -0.2) is 12.1 Å². The number of aromatic amines is 1. The molecule has 2 aromatic rings. The van der Waals surface area contributed by atoms with Gasteiger partial charge in [-0.05, 0) is 25.1 Å². The standard InChI is InChI=1S/C11H10N2O/c1-7-5-9-10(14-2)4-3-8(6-12)11(9)13-7/h3-5,13H,1-2H3. The lowest BCUT2D eigenvalue weighted by Gasteiger charge is -2.01. The minimum absolute atomic E-state index is 0.647. The molecule has 1 N–H and O–H groups in total. The third kappa shape index (κ3) is 1.12. The van der Waals surface area contributed by atoms with Crippen molar-refractivity contribution in [2.45, 2.75) is 6.92 Å². The zero-order valence-corrected chi connectivity index (χ0v) is 8.09. The number of rotatable bonds is 1. The van der Waals surface area contributed by atoms with Crippen LogP contribution in [0.4, 0.5) is 0 Å². The summed E-state index contributed by atoms with van der Waals surface area (Å²) in [6, 6.07) is 7.70. The number of hydrogen-bond acceptors (Lipinski definition) is 2. The number of aryl methyl sites for hydroxylation is 1. The van der Waals surface area contributed by atoms with Gasteiger partial charge in [0.2, 0.25) is 0 Å². The molecule has 0 unspecified atom stereocenters. The number of benzene rings is 1. The smallest absolute Gasteiger partial charge is 0.128 e. The van der Waals surface area contributed by atoms with Gasteiger partial charge in [0.05, 0.1) is 18.2 Å². The quantitative estimate of drug-likeness (QED) is 0.743. The first-order chi connectivity index (χ1) is 6.76. The molecule has 0 amide bonds. The first-order valence-electron chi connectivity index (χ1n) is 4.32. The van der Waals surface area contributed by atoms with E-state index >= 15 is 0 Å². The minimum atomic E-state index is 0.647. The first-order valence-corrected chi connectivity index (χ1v) is 4.32. The molecule has 0 aliphatic heterocycles. The third-order valence-electron chi connectivity index (χ3n) is 2.23. The number of nitrogens with one attached hydrogen (secondary N) is 1. The van der Waals surface area contributed by atoms with E-state index in [0.717, 1.165) is 22.3 Å². The number of hydrogen-bond donors (Lipinski definition) is 1. The molecule has 3 nitrogen and oxygen atoms in total. The van der Waals surface area contributed by atoms with Crippen molar-refractivity contribution in [2.24, 2.45) is 0 Å². The summed E-state index contributed by atoms with van der Waals surface area (Å²) in [5.74, 6) is 0.795. The maximum Gasteiger partial charge on any atom is 0.128 e. The van der Waals surface area contributed by atoms with Gasteiger partial charge in [-0.15, -0.1) is 0 Å². The summed E-state index contributed by atoms with van der Waals surface area (Å²) in [7, 11) is 1.63. The van der Waals surface area contributed by atoms with E-state index in [1.54, 1.807) is 13.2 Å². The van der Waals surface area contributed by atoms with Crippen molar-refractivity contribution < 1.29 is 4.74 Å². The highest BCUT2D eigenvalue weighted by Gasteiger charge is 2.08. The largest absolute Gasteiger partial charge is 0.496 e. The Morgan fingerprint density at radius 3 is 2.86 bits per heavy atom. The summed E-state index contributed by atoms with van der Waals surface area (Å²) in [6.45, 7) is 1.96. The van der Waals surface area contributed by atoms with Crippen molar-refractivity contribution in [3.05, 3.63) is 29.5 Å². The molecule has 1 aromatic carbocycles. The number of H-pyrrole nitrogens is 1. The Morgan fingerprint density at radius 2 is 2.21 bits per heavy atom. The number of aromatic nitrogens is 1. The minimum Gasteiger partial charge on any atom is -0.496 e. The van der Waals surface area contributed by atoms with E-state index in [1.165, 1.54) is 0 Å². The SMILES string of the molecule is COc1ccc(C#N)c2[nH]c(C)cc12. The van der Waals surface area contributed by atoms with Crippen LogP contribution >= 0.6 is 0 Å².